The van der Waals surface area contributed by atoms with E-state index in [0.29, 0.717) is 37.4 Å². The molecule has 1 unspecified atom stereocenters. The van der Waals surface area contributed by atoms with Gasteiger partial charge in [-0.1, -0.05) is 60.7 Å². The van der Waals surface area contributed by atoms with E-state index in [0.717, 1.165) is 41.3 Å². The Hall–Kier alpha value is -3.03. The number of benzene rings is 2. The molecule has 3 aromatic rings. The lowest BCUT2D eigenvalue weighted by Gasteiger charge is -2.31. The molecule has 0 saturated carbocycles. The van der Waals surface area contributed by atoms with Crippen molar-refractivity contribution in [2.75, 3.05) is 26.2 Å². The van der Waals surface area contributed by atoms with Crippen molar-refractivity contribution in [1.82, 2.24) is 15.2 Å². The number of ether oxygens (including phenoxy) is 1. The van der Waals surface area contributed by atoms with Gasteiger partial charge in [0.25, 0.3) is 5.91 Å². The number of likely N-dealkylation sites (tertiary alicyclic amines) is 1. The molecule has 1 atom stereocenters. The van der Waals surface area contributed by atoms with Gasteiger partial charge in [0.2, 0.25) is 5.91 Å². The first-order chi connectivity index (χ1) is 16.7. The Morgan fingerprint density at radius 2 is 1.65 bits per heavy atom. The summed E-state index contributed by atoms with van der Waals surface area (Å²) >= 11 is 1.44. The highest BCUT2D eigenvalue weighted by Crippen LogP contribution is 2.35. The summed E-state index contributed by atoms with van der Waals surface area (Å²) in [5.74, 6) is 0.0221. The number of piperidine rings is 1. The van der Waals surface area contributed by atoms with Crippen LogP contribution < -0.4 is 5.32 Å². The van der Waals surface area contributed by atoms with Crippen LogP contribution in [0.2, 0.25) is 0 Å². The van der Waals surface area contributed by atoms with Crippen molar-refractivity contribution in [1.29, 1.82) is 0 Å². The van der Waals surface area contributed by atoms with Crippen molar-refractivity contribution >= 4 is 23.2 Å². The molecule has 1 N–H and O–H groups in total. The zero-order valence-corrected chi connectivity index (χ0v) is 19.9. The molecule has 1 aromatic heterocycles. The van der Waals surface area contributed by atoms with E-state index in [1.54, 1.807) is 0 Å². The summed E-state index contributed by atoms with van der Waals surface area (Å²) in [6.07, 6.45) is 3.57. The summed E-state index contributed by atoms with van der Waals surface area (Å²) in [4.78, 5) is 33.6. The van der Waals surface area contributed by atoms with E-state index in [-0.39, 0.29) is 23.8 Å². The van der Waals surface area contributed by atoms with Crippen LogP contribution in [0.4, 0.5) is 0 Å². The van der Waals surface area contributed by atoms with E-state index in [9.17, 15) is 9.59 Å². The normalized spacial score (nSPS) is 18.7. The molecule has 2 aliphatic heterocycles. The highest BCUT2D eigenvalue weighted by molar-refractivity contribution is 7.17. The Morgan fingerprint density at radius 1 is 0.971 bits per heavy atom. The molecule has 2 fully saturated rings. The molecule has 7 heteroatoms. The van der Waals surface area contributed by atoms with E-state index in [2.05, 4.69) is 5.32 Å². The van der Waals surface area contributed by atoms with Gasteiger partial charge in [-0.25, -0.2) is 4.98 Å². The molecule has 0 radical (unpaired) electrons. The maximum atomic E-state index is 13.6. The molecular formula is C27H29N3O3S. The zero-order chi connectivity index (χ0) is 23.3. The number of nitrogens with one attached hydrogen (secondary N) is 1. The summed E-state index contributed by atoms with van der Waals surface area (Å²) in [5, 5.41) is 3.89. The van der Waals surface area contributed by atoms with Crippen LogP contribution in [-0.2, 0) is 9.53 Å². The van der Waals surface area contributed by atoms with Gasteiger partial charge in [0.1, 0.15) is 9.88 Å². The molecule has 34 heavy (non-hydrogen) atoms. The van der Waals surface area contributed by atoms with Gasteiger partial charge in [0.05, 0.1) is 11.8 Å². The van der Waals surface area contributed by atoms with Crippen molar-refractivity contribution < 1.29 is 14.3 Å². The highest BCUT2D eigenvalue weighted by Gasteiger charge is 2.31. The minimum Gasteiger partial charge on any atom is -0.376 e. The van der Waals surface area contributed by atoms with Crippen LogP contribution in [0, 0.1) is 5.92 Å². The molecule has 2 aromatic carbocycles. The number of aromatic nitrogens is 1. The maximum Gasteiger partial charge on any atom is 0.266 e. The average molecular weight is 476 g/mol. The lowest BCUT2D eigenvalue weighted by Crippen LogP contribution is -2.44. The van der Waals surface area contributed by atoms with Crippen LogP contribution in [-0.4, -0.2) is 54.0 Å². The molecule has 6 nitrogen and oxygen atoms in total. The smallest absolute Gasteiger partial charge is 0.266 e. The Morgan fingerprint density at radius 3 is 2.29 bits per heavy atom. The second-order valence-electron chi connectivity index (χ2n) is 8.88. The van der Waals surface area contributed by atoms with Gasteiger partial charge in [0, 0.05) is 43.3 Å². The van der Waals surface area contributed by atoms with Crippen molar-refractivity contribution in [2.45, 2.75) is 31.8 Å². The topological polar surface area (TPSA) is 71.5 Å². The van der Waals surface area contributed by atoms with Gasteiger partial charge in [-0.2, -0.15) is 0 Å². The number of thiazole rings is 1. The molecule has 0 bridgehead atoms. The zero-order valence-electron chi connectivity index (χ0n) is 19.1. The summed E-state index contributed by atoms with van der Waals surface area (Å²) in [6, 6.07) is 19.8. The third-order valence-electron chi connectivity index (χ3n) is 6.57. The number of carbonyl (C=O) groups is 2. The first-order valence-electron chi connectivity index (χ1n) is 12.0. The lowest BCUT2D eigenvalue weighted by molar-refractivity contribution is -0.126. The van der Waals surface area contributed by atoms with Crippen LogP contribution in [0.5, 0.6) is 0 Å². The predicted molar refractivity (Wildman–Crippen MR) is 134 cm³/mol. The summed E-state index contributed by atoms with van der Waals surface area (Å²) < 4.78 is 5.60. The quantitative estimate of drug-likeness (QED) is 0.565. The van der Waals surface area contributed by atoms with Crippen molar-refractivity contribution in [3.05, 3.63) is 65.5 Å². The van der Waals surface area contributed by atoms with Crippen LogP contribution in [0.25, 0.3) is 21.8 Å². The van der Waals surface area contributed by atoms with Gasteiger partial charge in [-0.3, -0.25) is 9.59 Å². The number of hydrogen-bond acceptors (Lipinski definition) is 5. The van der Waals surface area contributed by atoms with Crippen LogP contribution in [0.1, 0.15) is 35.4 Å². The Bertz CT molecular complexity index is 1120. The minimum absolute atomic E-state index is 0.00301. The SMILES string of the molecule is O=C(NCC1CCCO1)C1CCN(C(=O)c2sc(-c3ccccc3)nc2-c2ccccc2)CC1. The third-order valence-corrected chi connectivity index (χ3v) is 7.66. The number of hydrogen-bond donors (Lipinski definition) is 1. The molecular weight excluding hydrogens is 446 g/mol. The molecule has 176 valence electrons. The summed E-state index contributed by atoms with van der Waals surface area (Å²) in [7, 11) is 0. The number of rotatable bonds is 6. The molecule has 2 saturated heterocycles. The molecule has 5 rings (SSSR count). The third kappa shape index (κ3) is 5.05. The molecule has 2 amide bonds. The number of nitrogens with zero attached hydrogens (tertiary/aromatic N) is 2. The average Bonchev–Trinajstić information content (AvgIpc) is 3.58. The molecule has 0 aliphatic carbocycles. The highest BCUT2D eigenvalue weighted by atomic mass is 32.1. The molecule has 3 heterocycles. The van der Waals surface area contributed by atoms with E-state index in [1.165, 1.54) is 11.3 Å². The van der Waals surface area contributed by atoms with Crippen LogP contribution >= 0.6 is 11.3 Å². The van der Waals surface area contributed by atoms with Crippen LogP contribution in [0.15, 0.2) is 60.7 Å². The van der Waals surface area contributed by atoms with E-state index >= 15 is 0 Å². The van der Waals surface area contributed by atoms with Crippen molar-refractivity contribution in [3.8, 4) is 21.8 Å². The second-order valence-corrected chi connectivity index (χ2v) is 9.87. The Labute approximate surface area is 204 Å². The first-order valence-corrected chi connectivity index (χ1v) is 12.8. The van der Waals surface area contributed by atoms with Gasteiger partial charge in [-0.05, 0) is 25.7 Å². The molecule has 0 spiro atoms. The van der Waals surface area contributed by atoms with Crippen molar-refractivity contribution in [2.24, 2.45) is 5.92 Å². The second kappa shape index (κ2) is 10.5. The maximum absolute atomic E-state index is 13.6. The van der Waals surface area contributed by atoms with Gasteiger partial charge >= 0.3 is 0 Å². The number of carbonyl (C=O) groups excluding carboxylic acids is 2. The summed E-state index contributed by atoms with van der Waals surface area (Å²) in [5.41, 5.74) is 2.67. The largest absolute Gasteiger partial charge is 0.376 e. The Balaban J connectivity index is 1.29. The standard InChI is InChI=1S/C27H29N3O3S/c31-25(28-18-22-12-7-17-33-22)20-13-15-30(16-14-20)27(32)24-23(19-8-3-1-4-9-19)29-26(34-24)21-10-5-2-6-11-21/h1-6,8-11,20,22H,7,12-18H2,(H,28,31). The summed E-state index contributed by atoms with van der Waals surface area (Å²) in [6.45, 7) is 2.52. The Kier molecular flexibility index (Phi) is 7.02. The van der Waals surface area contributed by atoms with E-state index in [1.807, 2.05) is 65.6 Å². The van der Waals surface area contributed by atoms with Crippen molar-refractivity contribution in [3.63, 3.8) is 0 Å². The fourth-order valence-electron chi connectivity index (χ4n) is 4.61. The number of amides is 2. The van der Waals surface area contributed by atoms with E-state index < -0.39 is 0 Å². The van der Waals surface area contributed by atoms with Gasteiger partial charge in [0.15, 0.2) is 0 Å². The lowest BCUT2D eigenvalue weighted by atomic mass is 9.95. The van der Waals surface area contributed by atoms with E-state index in [4.69, 9.17) is 9.72 Å². The first kappa shape index (κ1) is 22.7. The predicted octanol–water partition coefficient (Wildman–Crippen LogP) is 4.62. The fraction of sp³-hybridized carbons (Fsp3) is 0.370. The van der Waals surface area contributed by atoms with Crippen LogP contribution in [0.3, 0.4) is 0 Å². The van der Waals surface area contributed by atoms with Gasteiger partial charge < -0.3 is 15.0 Å². The minimum atomic E-state index is -0.0552. The van der Waals surface area contributed by atoms with Gasteiger partial charge in [-0.15, -0.1) is 11.3 Å². The fourth-order valence-corrected chi connectivity index (χ4v) is 5.67. The molecule has 2 aliphatic rings. The monoisotopic (exact) mass is 475 g/mol.